The minimum absolute atomic E-state index is 0.563. The highest BCUT2D eigenvalue weighted by Crippen LogP contribution is 2.10. The van der Waals surface area contributed by atoms with Crippen molar-refractivity contribution in [2.45, 2.75) is 33.2 Å². The van der Waals surface area contributed by atoms with E-state index in [1.807, 2.05) is 0 Å². The summed E-state index contributed by atoms with van der Waals surface area (Å²) in [7, 11) is 0. The number of benzene rings is 1. The first-order valence-corrected chi connectivity index (χ1v) is 5.65. The molecule has 17 heavy (non-hydrogen) atoms. The van der Waals surface area contributed by atoms with Crippen molar-refractivity contribution in [2.24, 2.45) is 0 Å². The summed E-state index contributed by atoms with van der Waals surface area (Å²) in [6.07, 6.45) is 1.16. The van der Waals surface area contributed by atoms with Gasteiger partial charge in [0.15, 0.2) is 0 Å². The van der Waals surface area contributed by atoms with E-state index < -0.39 is 12.6 Å². The van der Waals surface area contributed by atoms with E-state index in [0.29, 0.717) is 6.04 Å². The second-order valence-corrected chi connectivity index (χ2v) is 3.87. The molecule has 0 aliphatic heterocycles. The standard InChI is InChI=1S/C11H17N.C2H4O3/c1-4-10(3)12-11-7-5-9(2)6-8-11;3-1-2(4)5/h5-8,10,12H,4H2,1-3H3;3H,1H2,(H,4,5). The summed E-state index contributed by atoms with van der Waals surface area (Å²) in [5, 5.41) is 18.4. The Morgan fingerprint density at radius 3 is 2.18 bits per heavy atom. The second kappa shape index (κ2) is 8.58. The first-order valence-electron chi connectivity index (χ1n) is 5.65. The maximum absolute atomic E-state index is 9.12. The largest absolute Gasteiger partial charge is 0.480 e. The number of hydrogen-bond acceptors (Lipinski definition) is 3. The number of carbonyl (C=O) groups is 1. The van der Waals surface area contributed by atoms with Crippen molar-refractivity contribution >= 4 is 11.7 Å². The normalized spacial score (nSPS) is 11.1. The maximum atomic E-state index is 9.12. The summed E-state index contributed by atoms with van der Waals surface area (Å²) in [6.45, 7) is 5.71. The summed E-state index contributed by atoms with van der Waals surface area (Å²) in [6, 6.07) is 9.08. The smallest absolute Gasteiger partial charge is 0.329 e. The number of rotatable bonds is 4. The molecule has 1 unspecified atom stereocenters. The Labute approximate surface area is 102 Å². The molecule has 0 aliphatic rings. The molecule has 0 heterocycles. The van der Waals surface area contributed by atoms with Gasteiger partial charge in [-0.3, -0.25) is 0 Å². The number of aryl methyl sites for hydroxylation is 1. The monoisotopic (exact) mass is 239 g/mol. The summed E-state index contributed by atoms with van der Waals surface area (Å²) in [5.74, 6) is -1.19. The second-order valence-electron chi connectivity index (χ2n) is 3.87. The van der Waals surface area contributed by atoms with Crippen molar-refractivity contribution in [1.82, 2.24) is 0 Å². The number of aliphatic hydroxyl groups is 1. The molecule has 0 saturated heterocycles. The van der Waals surface area contributed by atoms with Crippen molar-refractivity contribution < 1.29 is 15.0 Å². The molecule has 3 N–H and O–H groups in total. The average Bonchev–Trinajstić information content (AvgIpc) is 2.32. The molecule has 0 amide bonds. The molecule has 0 aromatic heterocycles. The Morgan fingerprint density at radius 1 is 1.35 bits per heavy atom. The van der Waals surface area contributed by atoms with Gasteiger partial charge in [-0.25, -0.2) is 4.79 Å². The molecule has 0 radical (unpaired) electrons. The van der Waals surface area contributed by atoms with Crippen molar-refractivity contribution in [3.05, 3.63) is 29.8 Å². The topological polar surface area (TPSA) is 69.6 Å². The predicted octanol–water partition coefficient (Wildman–Crippen LogP) is 2.27. The van der Waals surface area contributed by atoms with E-state index in [4.69, 9.17) is 15.0 Å². The summed E-state index contributed by atoms with van der Waals surface area (Å²) < 4.78 is 0. The first-order chi connectivity index (χ1) is 7.99. The summed E-state index contributed by atoms with van der Waals surface area (Å²) in [4.78, 5) is 9.12. The van der Waals surface area contributed by atoms with Crippen LogP contribution in [0, 0.1) is 6.92 Å². The number of aliphatic carboxylic acids is 1. The van der Waals surface area contributed by atoms with Crippen molar-refractivity contribution in [3.63, 3.8) is 0 Å². The van der Waals surface area contributed by atoms with Gasteiger partial charge < -0.3 is 15.5 Å². The average molecular weight is 239 g/mol. The van der Waals surface area contributed by atoms with E-state index in [1.54, 1.807) is 0 Å². The molecule has 4 heteroatoms. The van der Waals surface area contributed by atoms with Crippen LogP contribution >= 0.6 is 0 Å². The molecule has 96 valence electrons. The highest BCUT2D eigenvalue weighted by Gasteiger charge is 1.96. The van der Waals surface area contributed by atoms with Gasteiger partial charge in [0.25, 0.3) is 0 Å². The van der Waals surface area contributed by atoms with E-state index in [0.717, 1.165) is 6.42 Å². The van der Waals surface area contributed by atoms with Crippen LogP contribution in [0.1, 0.15) is 25.8 Å². The molecule has 0 bridgehead atoms. The molecule has 4 nitrogen and oxygen atoms in total. The number of nitrogens with one attached hydrogen (secondary N) is 1. The van der Waals surface area contributed by atoms with Crippen LogP contribution < -0.4 is 5.32 Å². The lowest BCUT2D eigenvalue weighted by molar-refractivity contribution is -0.140. The molecular formula is C13H21NO3. The van der Waals surface area contributed by atoms with Crippen LogP contribution in [-0.2, 0) is 4.79 Å². The Bertz CT molecular complexity index is 322. The predicted molar refractivity (Wildman–Crippen MR) is 69.3 cm³/mol. The lowest BCUT2D eigenvalue weighted by Crippen LogP contribution is -2.12. The van der Waals surface area contributed by atoms with Crippen LogP contribution in [-0.4, -0.2) is 28.8 Å². The Hall–Kier alpha value is -1.55. The van der Waals surface area contributed by atoms with Crippen LogP contribution in [0.15, 0.2) is 24.3 Å². The zero-order valence-electron chi connectivity index (χ0n) is 10.6. The fraction of sp³-hybridized carbons (Fsp3) is 0.462. The van der Waals surface area contributed by atoms with E-state index in [1.165, 1.54) is 11.3 Å². The third-order valence-electron chi connectivity index (χ3n) is 2.21. The fourth-order valence-electron chi connectivity index (χ4n) is 1.04. The fourth-order valence-corrected chi connectivity index (χ4v) is 1.04. The quantitative estimate of drug-likeness (QED) is 0.754. The highest BCUT2D eigenvalue weighted by atomic mass is 16.4. The van der Waals surface area contributed by atoms with E-state index in [2.05, 4.69) is 50.4 Å². The van der Waals surface area contributed by atoms with Gasteiger partial charge in [0.05, 0.1) is 0 Å². The Morgan fingerprint density at radius 2 is 1.82 bits per heavy atom. The molecule has 0 spiro atoms. The molecule has 1 aromatic carbocycles. The van der Waals surface area contributed by atoms with Crippen molar-refractivity contribution in [2.75, 3.05) is 11.9 Å². The van der Waals surface area contributed by atoms with E-state index >= 15 is 0 Å². The number of aliphatic hydroxyl groups excluding tert-OH is 1. The molecule has 0 aliphatic carbocycles. The third kappa shape index (κ3) is 8.28. The molecular weight excluding hydrogens is 218 g/mol. The van der Waals surface area contributed by atoms with Crippen molar-refractivity contribution in [1.29, 1.82) is 0 Å². The van der Waals surface area contributed by atoms with Crippen LogP contribution in [0.2, 0.25) is 0 Å². The number of anilines is 1. The van der Waals surface area contributed by atoms with Crippen LogP contribution in [0.3, 0.4) is 0 Å². The third-order valence-corrected chi connectivity index (χ3v) is 2.21. The van der Waals surface area contributed by atoms with Gasteiger partial charge in [-0.2, -0.15) is 0 Å². The summed E-state index contributed by atoms with van der Waals surface area (Å²) in [5.41, 5.74) is 2.53. The first kappa shape index (κ1) is 15.4. The van der Waals surface area contributed by atoms with Crippen molar-refractivity contribution in [3.8, 4) is 0 Å². The minimum Gasteiger partial charge on any atom is -0.480 e. The zero-order chi connectivity index (χ0) is 13.3. The van der Waals surface area contributed by atoms with Gasteiger partial charge in [-0.05, 0) is 32.4 Å². The van der Waals surface area contributed by atoms with Crippen LogP contribution in [0.5, 0.6) is 0 Å². The van der Waals surface area contributed by atoms with Gasteiger partial charge in [-0.15, -0.1) is 0 Å². The maximum Gasteiger partial charge on any atom is 0.329 e. The lowest BCUT2D eigenvalue weighted by Gasteiger charge is -2.12. The number of carboxylic acids is 1. The number of hydrogen-bond donors (Lipinski definition) is 3. The summed E-state index contributed by atoms with van der Waals surface area (Å²) >= 11 is 0. The Balaban J connectivity index is 0.000000437. The zero-order valence-corrected chi connectivity index (χ0v) is 10.6. The molecule has 0 saturated carbocycles. The number of carboxylic acid groups (broad SMARTS) is 1. The van der Waals surface area contributed by atoms with Gasteiger partial charge in [-0.1, -0.05) is 24.6 Å². The van der Waals surface area contributed by atoms with Gasteiger partial charge in [0, 0.05) is 11.7 Å². The molecule has 1 aromatic rings. The van der Waals surface area contributed by atoms with Gasteiger partial charge in [0.2, 0.25) is 0 Å². The SMILES string of the molecule is CCC(C)Nc1ccc(C)cc1.O=C(O)CO. The highest BCUT2D eigenvalue weighted by molar-refractivity contribution is 5.67. The van der Waals surface area contributed by atoms with Crippen LogP contribution in [0.25, 0.3) is 0 Å². The molecule has 0 fully saturated rings. The van der Waals surface area contributed by atoms with E-state index in [-0.39, 0.29) is 0 Å². The lowest BCUT2D eigenvalue weighted by atomic mass is 10.2. The van der Waals surface area contributed by atoms with Crippen LogP contribution in [0.4, 0.5) is 5.69 Å². The minimum atomic E-state index is -1.19. The molecule has 1 rings (SSSR count). The van der Waals surface area contributed by atoms with E-state index in [9.17, 15) is 0 Å². The molecule has 1 atom stereocenters. The van der Waals surface area contributed by atoms with Gasteiger partial charge >= 0.3 is 5.97 Å². The van der Waals surface area contributed by atoms with Gasteiger partial charge in [0.1, 0.15) is 6.61 Å². The Kier molecular flexibility index (Phi) is 7.80.